The maximum absolute atomic E-state index is 10.8. The highest BCUT2D eigenvalue weighted by Gasteiger charge is 2.29. The second-order valence-corrected chi connectivity index (χ2v) is 7.09. The van der Waals surface area contributed by atoms with Crippen LogP contribution in [0, 0.1) is 0 Å². The largest absolute Gasteiger partial charge is 0.382 e. The van der Waals surface area contributed by atoms with Gasteiger partial charge in [0.2, 0.25) is 0 Å². The minimum Gasteiger partial charge on any atom is -0.382 e. The van der Waals surface area contributed by atoms with Crippen LogP contribution in [0.3, 0.4) is 0 Å². The first kappa shape index (κ1) is 17.3. The highest BCUT2D eigenvalue weighted by atomic mass is 35.5. The highest BCUT2D eigenvalue weighted by molar-refractivity contribution is 6.31. The van der Waals surface area contributed by atoms with E-state index in [2.05, 4.69) is 9.97 Å². The Morgan fingerprint density at radius 1 is 0.769 bits per heavy atom. The molecule has 4 rings (SSSR count). The number of halogens is 2. The predicted molar refractivity (Wildman–Crippen MR) is 101 cm³/mol. The molecule has 2 heterocycles. The minimum absolute atomic E-state index is 0.333. The fraction of sp³-hybridized carbons (Fsp3) is 0.222. The zero-order valence-corrected chi connectivity index (χ0v) is 15.6. The van der Waals surface area contributed by atoms with E-state index in [1.165, 1.54) is 0 Å². The summed E-state index contributed by atoms with van der Waals surface area (Å²) in [5.41, 5.74) is 2.93. The lowest BCUT2D eigenvalue weighted by Crippen LogP contribution is -2.17. The maximum Gasteiger partial charge on any atom is 0.145 e. The van der Waals surface area contributed by atoms with Crippen molar-refractivity contribution in [1.82, 2.24) is 19.1 Å². The number of aliphatic hydroxyl groups excluding tert-OH is 2. The van der Waals surface area contributed by atoms with E-state index in [1.54, 1.807) is 47.5 Å². The molecule has 8 heteroatoms. The zero-order chi connectivity index (χ0) is 18.6. The zero-order valence-electron chi connectivity index (χ0n) is 14.1. The van der Waals surface area contributed by atoms with E-state index in [-0.39, 0.29) is 0 Å². The Morgan fingerprint density at radius 2 is 1.15 bits per heavy atom. The van der Waals surface area contributed by atoms with Crippen molar-refractivity contribution in [3.63, 3.8) is 0 Å². The molecule has 0 fully saturated rings. The van der Waals surface area contributed by atoms with Gasteiger partial charge in [-0.25, -0.2) is 9.97 Å². The molecule has 2 aromatic carbocycles. The second kappa shape index (κ2) is 6.25. The SMILES string of the molecule is Cn1c([C@@H](O)[C@@H](O)c2nc3cc(Cl)ccc3n2C)nc2cc(Cl)ccc21. The summed E-state index contributed by atoms with van der Waals surface area (Å²) in [7, 11) is 3.56. The Morgan fingerprint density at radius 3 is 1.54 bits per heavy atom. The van der Waals surface area contributed by atoms with Crippen molar-refractivity contribution in [2.75, 3.05) is 0 Å². The summed E-state index contributed by atoms with van der Waals surface area (Å²) >= 11 is 12.0. The molecule has 2 N–H and O–H groups in total. The van der Waals surface area contributed by atoms with Gasteiger partial charge < -0.3 is 19.3 Å². The molecule has 0 aliphatic carbocycles. The van der Waals surface area contributed by atoms with Crippen molar-refractivity contribution >= 4 is 45.3 Å². The van der Waals surface area contributed by atoms with Gasteiger partial charge in [0, 0.05) is 24.1 Å². The fourth-order valence-corrected chi connectivity index (χ4v) is 3.53. The standard InChI is InChI=1S/C18H16Cl2N4O2/c1-23-13-5-3-9(19)7-11(13)21-17(23)15(25)16(26)18-22-12-8-10(20)4-6-14(12)24(18)2/h3-8,15-16,25-26H,1-2H3/t15-,16+. The van der Waals surface area contributed by atoms with Crippen molar-refractivity contribution in [3.8, 4) is 0 Å². The molecule has 0 aliphatic heterocycles. The second-order valence-electron chi connectivity index (χ2n) is 6.21. The summed E-state index contributed by atoms with van der Waals surface area (Å²) in [4.78, 5) is 8.86. The number of benzene rings is 2. The van der Waals surface area contributed by atoms with Crippen LogP contribution in [-0.4, -0.2) is 29.3 Å². The highest BCUT2D eigenvalue weighted by Crippen LogP contribution is 2.32. The van der Waals surface area contributed by atoms with Gasteiger partial charge in [0.15, 0.2) is 0 Å². The van der Waals surface area contributed by atoms with Crippen LogP contribution in [0.4, 0.5) is 0 Å². The van der Waals surface area contributed by atoms with E-state index in [1.807, 2.05) is 12.1 Å². The van der Waals surface area contributed by atoms with Gasteiger partial charge in [-0.15, -0.1) is 0 Å². The van der Waals surface area contributed by atoms with Gasteiger partial charge in [-0.2, -0.15) is 0 Å². The van der Waals surface area contributed by atoms with E-state index in [0.29, 0.717) is 32.7 Å². The lowest BCUT2D eigenvalue weighted by atomic mass is 10.2. The van der Waals surface area contributed by atoms with Gasteiger partial charge in [-0.1, -0.05) is 23.2 Å². The van der Waals surface area contributed by atoms with Gasteiger partial charge in [-0.05, 0) is 36.4 Å². The van der Waals surface area contributed by atoms with Crippen molar-refractivity contribution in [2.45, 2.75) is 12.2 Å². The van der Waals surface area contributed by atoms with Crippen LogP contribution in [0.1, 0.15) is 23.9 Å². The molecule has 0 bridgehead atoms. The lowest BCUT2D eigenvalue weighted by molar-refractivity contribution is 0.00394. The Balaban J connectivity index is 1.78. The molecule has 4 aromatic rings. The van der Waals surface area contributed by atoms with Crippen molar-refractivity contribution in [1.29, 1.82) is 0 Å². The normalized spacial score (nSPS) is 14.2. The van der Waals surface area contributed by atoms with Crippen LogP contribution in [0.5, 0.6) is 0 Å². The van der Waals surface area contributed by atoms with Crippen LogP contribution in [0.2, 0.25) is 10.0 Å². The fourth-order valence-electron chi connectivity index (χ4n) is 3.19. The topological polar surface area (TPSA) is 76.1 Å². The Bertz CT molecular complexity index is 1050. The average molecular weight is 391 g/mol. The first-order valence-electron chi connectivity index (χ1n) is 7.96. The van der Waals surface area contributed by atoms with Crippen LogP contribution >= 0.6 is 23.2 Å². The van der Waals surface area contributed by atoms with Gasteiger partial charge in [0.05, 0.1) is 22.1 Å². The van der Waals surface area contributed by atoms with Crippen LogP contribution < -0.4 is 0 Å². The molecule has 134 valence electrons. The molecule has 0 saturated heterocycles. The predicted octanol–water partition coefficient (Wildman–Crippen LogP) is 3.53. The van der Waals surface area contributed by atoms with Gasteiger partial charge >= 0.3 is 0 Å². The molecule has 0 saturated carbocycles. The molecule has 2 atom stereocenters. The molecule has 0 unspecified atom stereocenters. The summed E-state index contributed by atoms with van der Waals surface area (Å²) in [5, 5.41) is 22.6. The number of hydrogen-bond donors (Lipinski definition) is 2. The quantitative estimate of drug-likeness (QED) is 0.560. The smallest absolute Gasteiger partial charge is 0.145 e. The third-order valence-corrected chi connectivity index (χ3v) is 5.05. The van der Waals surface area contributed by atoms with Crippen molar-refractivity contribution in [3.05, 3.63) is 58.1 Å². The van der Waals surface area contributed by atoms with Gasteiger partial charge in [-0.3, -0.25) is 0 Å². The Hall–Kier alpha value is -2.12. The van der Waals surface area contributed by atoms with Crippen LogP contribution in [0.25, 0.3) is 22.1 Å². The first-order chi connectivity index (χ1) is 12.4. The van der Waals surface area contributed by atoms with Crippen LogP contribution in [0.15, 0.2) is 36.4 Å². The first-order valence-corrected chi connectivity index (χ1v) is 8.72. The number of nitrogens with zero attached hydrogens (tertiary/aromatic N) is 4. The number of fused-ring (bicyclic) bond motifs is 2. The van der Waals surface area contributed by atoms with E-state index in [9.17, 15) is 10.2 Å². The van der Waals surface area contributed by atoms with Gasteiger partial charge in [0.1, 0.15) is 23.9 Å². The number of aryl methyl sites for hydroxylation is 2. The van der Waals surface area contributed by atoms with Crippen molar-refractivity contribution in [2.24, 2.45) is 14.1 Å². The minimum atomic E-state index is -1.25. The molecular weight excluding hydrogens is 375 g/mol. The summed E-state index contributed by atoms with van der Waals surface area (Å²) < 4.78 is 3.47. The Labute approximate surface area is 159 Å². The number of aromatic nitrogens is 4. The molecule has 0 amide bonds. The molecule has 0 spiro atoms. The summed E-state index contributed by atoms with van der Waals surface area (Å²) in [6.07, 6.45) is -2.51. The molecule has 2 aromatic heterocycles. The lowest BCUT2D eigenvalue weighted by Gasteiger charge is -2.17. The monoisotopic (exact) mass is 390 g/mol. The number of hydrogen-bond acceptors (Lipinski definition) is 4. The third-order valence-electron chi connectivity index (χ3n) is 4.58. The van der Waals surface area contributed by atoms with E-state index in [0.717, 1.165) is 11.0 Å². The Kier molecular flexibility index (Phi) is 4.16. The third kappa shape index (κ3) is 2.66. The summed E-state index contributed by atoms with van der Waals surface area (Å²) in [6, 6.07) is 10.6. The van der Waals surface area contributed by atoms with E-state index >= 15 is 0 Å². The molecule has 26 heavy (non-hydrogen) atoms. The number of aliphatic hydroxyl groups is 2. The molecule has 0 aliphatic rings. The molecule has 0 radical (unpaired) electrons. The summed E-state index contributed by atoms with van der Waals surface area (Å²) in [6.45, 7) is 0. The number of rotatable bonds is 3. The molecule has 6 nitrogen and oxygen atoms in total. The average Bonchev–Trinajstić information content (AvgIpc) is 3.10. The van der Waals surface area contributed by atoms with Crippen molar-refractivity contribution < 1.29 is 10.2 Å². The van der Waals surface area contributed by atoms with Gasteiger partial charge in [0.25, 0.3) is 0 Å². The summed E-state index contributed by atoms with van der Waals surface area (Å²) in [5.74, 6) is 0.666. The number of imidazole rings is 2. The van der Waals surface area contributed by atoms with E-state index < -0.39 is 12.2 Å². The van der Waals surface area contributed by atoms with Crippen LogP contribution in [-0.2, 0) is 14.1 Å². The molecular formula is C18H16Cl2N4O2. The van der Waals surface area contributed by atoms with E-state index in [4.69, 9.17) is 23.2 Å². The maximum atomic E-state index is 10.8.